The summed E-state index contributed by atoms with van der Waals surface area (Å²) < 4.78 is 1.79. The van der Waals surface area contributed by atoms with Gasteiger partial charge >= 0.3 is 0 Å². The van der Waals surface area contributed by atoms with Gasteiger partial charge in [-0.2, -0.15) is 10.4 Å². The zero-order valence-electron chi connectivity index (χ0n) is 8.92. The monoisotopic (exact) mass is 229 g/mol. The molecule has 3 nitrogen and oxygen atoms in total. The van der Waals surface area contributed by atoms with E-state index in [-0.39, 0.29) is 0 Å². The molecule has 0 aliphatic carbocycles. The summed E-state index contributed by atoms with van der Waals surface area (Å²) in [4.78, 5) is 1.16. The molecule has 4 heteroatoms. The molecule has 0 atom stereocenters. The summed E-state index contributed by atoms with van der Waals surface area (Å²) in [6.07, 6.45) is 3.85. The minimum absolute atomic E-state index is 0.704. The number of nitriles is 1. The Hall–Kier alpha value is -1.73. The van der Waals surface area contributed by atoms with Crippen LogP contribution in [-0.2, 0) is 12.8 Å². The fourth-order valence-corrected chi connectivity index (χ4v) is 2.19. The van der Waals surface area contributed by atoms with E-state index < -0.39 is 0 Å². The summed E-state index contributed by atoms with van der Waals surface area (Å²) >= 11 is 1.74. The molecule has 1 heterocycles. The van der Waals surface area contributed by atoms with Gasteiger partial charge in [0.05, 0.1) is 17.8 Å². The van der Waals surface area contributed by atoms with E-state index in [0.717, 1.165) is 10.6 Å². The molecular formula is C12H11N3S. The summed E-state index contributed by atoms with van der Waals surface area (Å²) in [6, 6.07) is 9.78. The third-order valence-electron chi connectivity index (χ3n) is 2.17. The van der Waals surface area contributed by atoms with Gasteiger partial charge in [0.25, 0.3) is 0 Å². The molecule has 0 unspecified atom stereocenters. The lowest BCUT2D eigenvalue weighted by Gasteiger charge is -1.99. The van der Waals surface area contributed by atoms with Crippen LogP contribution in [0.25, 0.3) is 0 Å². The highest BCUT2D eigenvalue weighted by Gasteiger charge is 1.98. The van der Waals surface area contributed by atoms with Crippen molar-refractivity contribution in [3.05, 3.63) is 47.8 Å². The second kappa shape index (κ2) is 4.86. The third kappa shape index (κ3) is 2.65. The Balaban J connectivity index is 1.97. The molecule has 80 valence electrons. The first-order valence-electron chi connectivity index (χ1n) is 4.88. The van der Waals surface area contributed by atoms with E-state index in [2.05, 4.69) is 11.2 Å². The SMILES string of the molecule is Cn1cc(SCc2ccc(C#N)cc2)cn1. The van der Waals surface area contributed by atoms with E-state index in [1.165, 1.54) is 5.56 Å². The lowest BCUT2D eigenvalue weighted by atomic mass is 10.2. The highest BCUT2D eigenvalue weighted by atomic mass is 32.2. The molecule has 0 spiro atoms. The molecule has 0 saturated heterocycles. The molecule has 0 aliphatic rings. The lowest BCUT2D eigenvalue weighted by Crippen LogP contribution is -1.84. The Morgan fingerprint density at radius 1 is 1.38 bits per heavy atom. The van der Waals surface area contributed by atoms with Gasteiger partial charge in [-0.1, -0.05) is 12.1 Å². The molecule has 0 saturated carbocycles. The quantitative estimate of drug-likeness (QED) is 0.760. The Bertz CT molecular complexity index is 508. The second-order valence-corrected chi connectivity index (χ2v) is 4.50. The largest absolute Gasteiger partial charge is 0.275 e. The molecule has 0 N–H and O–H groups in total. The standard InChI is InChI=1S/C12H11N3S/c1-15-8-12(7-14-15)16-9-11-4-2-10(6-13)3-5-11/h2-5,7-8H,9H2,1H3. The van der Waals surface area contributed by atoms with Crippen LogP contribution >= 0.6 is 11.8 Å². The average molecular weight is 229 g/mol. The highest BCUT2D eigenvalue weighted by Crippen LogP contribution is 2.21. The summed E-state index contributed by atoms with van der Waals surface area (Å²) in [7, 11) is 1.91. The Morgan fingerprint density at radius 2 is 2.12 bits per heavy atom. The number of rotatable bonds is 3. The average Bonchev–Trinajstić information content (AvgIpc) is 2.73. The molecule has 0 fully saturated rings. The number of benzene rings is 1. The van der Waals surface area contributed by atoms with Gasteiger partial charge < -0.3 is 0 Å². The first kappa shape index (κ1) is 10.8. The van der Waals surface area contributed by atoms with Crippen LogP contribution < -0.4 is 0 Å². The van der Waals surface area contributed by atoms with Crippen molar-refractivity contribution in [3.8, 4) is 6.07 Å². The van der Waals surface area contributed by atoms with Crippen molar-refractivity contribution in [3.63, 3.8) is 0 Å². The Labute approximate surface area is 98.7 Å². The lowest BCUT2D eigenvalue weighted by molar-refractivity contribution is 0.766. The van der Waals surface area contributed by atoms with Gasteiger partial charge in [-0.15, -0.1) is 11.8 Å². The van der Waals surface area contributed by atoms with Gasteiger partial charge in [0.1, 0.15) is 0 Å². The fourth-order valence-electron chi connectivity index (χ4n) is 1.32. The number of aromatic nitrogens is 2. The van der Waals surface area contributed by atoms with E-state index in [9.17, 15) is 0 Å². The summed E-state index contributed by atoms with van der Waals surface area (Å²) in [5, 5.41) is 12.8. The molecule has 1 aromatic carbocycles. The fraction of sp³-hybridized carbons (Fsp3) is 0.167. The van der Waals surface area contributed by atoms with Crippen LogP contribution in [0.2, 0.25) is 0 Å². The van der Waals surface area contributed by atoms with Crippen molar-refractivity contribution < 1.29 is 0 Å². The molecule has 2 aromatic rings. The number of hydrogen-bond acceptors (Lipinski definition) is 3. The highest BCUT2D eigenvalue weighted by molar-refractivity contribution is 7.98. The molecule has 0 radical (unpaired) electrons. The van der Waals surface area contributed by atoms with Crippen molar-refractivity contribution in [1.29, 1.82) is 5.26 Å². The normalized spacial score (nSPS) is 10.0. The second-order valence-electron chi connectivity index (χ2n) is 3.45. The van der Waals surface area contributed by atoms with Crippen LogP contribution in [0.15, 0.2) is 41.6 Å². The minimum Gasteiger partial charge on any atom is -0.275 e. The van der Waals surface area contributed by atoms with Crippen molar-refractivity contribution in [1.82, 2.24) is 9.78 Å². The number of thioether (sulfide) groups is 1. The molecule has 0 aliphatic heterocycles. The molecule has 16 heavy (non-hydrogen) atoms. The number of aryl methyl sites for hydroxylation is 1. The van der Waals surface area contributed by atoms with Crippen LogP contribution in [0.1, 0.15) is 11.1 Å². The zero-order valence-corrected chi connectivity index (χ0v) is 9.74. The molecule has 1 aromatic heterocycles. The van der Waals surface area contributed by atoms with E-state index >= 15 is 0 Å². The Morgan fingerprint density at radius 3 is 2.69 bits per heavy atom. The van der Waals surface area contributed by atoms with E-state index in [1.807, 2.05) is 43.7 Å². The maximum atomic E-state index is 8.67. The van der Waals surface area contributed by atoms with Gasteiger partial charge in [-0.05, 0) is 17.7 Å². The smallest absolute Gasteiger partial charge is 0.0991 e. The minimum atomic E-state index is 0.704. The van der Waals surface area contributed by atoms with Gasteiger partial charge in [0.15, 0.2) is 0 Å². The van der Waals surface area contributed by atoms with Crippen molar-refractivity contribution in [2.75, 3.05) is 0 Å². The van der Waals surface area contributed by atoms with Crippen molar-refractivity contribution in [2.45, 2.75) is 10.6 Å². The predicted molar refractivity (Wildman–Crippen MR) is 63.9 cm³/mol. The van der Waals surface area contributed by atoms with Crippen LogP contribution in [0, 0.1) is 11.3 Å². The first-order valence-corrected chi connectivity index (χ1v) is 5.87. The number of hydrogen-bond donors (Lipinski definition) is 0. The van der Waals surface area contributed by atoms with Crippen LogP contribution in [-0.4, -0.2) is 9.78 Å². The topological polar surface area (TPSA) is 41.6 Å². The van der Waals surface area contributed by atoms with Gasteiger partial charge in [-0.25, -0.2) is 0 Å². The summed E-state index contributed by atoms with van der Waals surface area (Å²) in [5.74, 6) is 0.900. The van der Waals surface area contributed by atoms with Gasteiger partial charge in [0, 0.05) is 23.9 Å². The molecule has 0 amide bonds. The van der Waals surface area contributed by atoms with Crippen molar-refractivity contribution >= 4 is 11.8 Å². The Kier molecular flexibility index (Phi) is 3.28. The van der Waals surface area contributed by atoms with Gasteiger partial charge in [0.2, 0.25) is 0 Å². The maximum Gasteiger partial charge on any atom is 0.0991 e. The number of nitrogens with zero attached hydrogens (tertiary/aromatic N) is 3. The van der Waals surface area contributed by atoms with Crippen LogP contribution in [0.3, 0.4) is 0 Å². The molecule has 0 bridgehead atoms. The maximum absolute atomic E-state index is 8.67. The van der Waals surface area contributed by atoms with Gasteiger partial charge in [-0.3, -0.25) is 4.68 Å². The van der Waals surface area contributed by atoms with E-state index in [1.54, 1.807) is 16.4 Å². The first-order chi connectivity index (χ1) is 7.78. The summed E-state index contributed by atoms with van der Waals surface area (Å²) in [5.41, 5.74) is 1.92. The summed E-state index contributed by atoms with van der Waals surface area (Å²) in [6.45, 7) is 0. The molecular weight excluding hydrogens is 218 g/mol. The van der Waals surface area contributed by atoms with Crippen LogP contribution in [0.5, 0.6) is 0 Å². The van der Waals surface area contributed by atoms with E-state index in [0.29, 0.717) is 5.56 Å². The third-order valence-corrected chi connectivity index (χ3v) is 3.19. The van der Waals surface area contributed by atoms with Crippen LogP contribution in [0.4, 0.5) is 0 Å². The predicted octanol–water partition coefficient (Wildman–Crippen LogP) is 2.58. The molecule has 2 rings (SSSR count). The zero-order chi connectivity index (χ0) is 11.4. The van der Waals surface area contributed by atoms with E-state index in [4.69, 9.17) is 5.26 Å². The van der Waals surface area contributed by atoms with Crippen molar-refractivity contribution in [2.24, 2.45) is 7.05 Å².